The first kappa shape index (κ1) is 12.0. The van der Waals surface area contributed by atoms with Crippen LogP contribution >= 0.6 is 15.9 Å². The first-order chi connectivity index (χ1) is 7.04. The van der Waals surface area contributed by atoms with Gasteiger partial charge in [0, 0.05) is 0 Å². The van der Waals surface area contributed by atoms with Gasteiger partial charge in [0.25, 0.3) is 0 Å². The van der Waals surface area contributed by atoms with Crippen molar-refractivity contribution in [1.29, 1.82) is 5.26 Å². The van der Waals surface area contributed by atoms with Crippen LogP contribution in [0.2, 0.25) is 0 Å². The van der Waals surface area contributed by atoms with Gasteiger partial charge in [-0.3, -0.25) is 4.79 Å². The molecule has 0 fully saturated rings. The summed E-state index contributed by atoms with van der Waals surface area (Å²) in [6, 6.07) is 5.25. The Morgan fingerprint density at radius 3 is 2.67 bits per heavy atom. The molecule has 0 saturated heterocycles. The smallest absolute Gasteiger partial charge is 0.215 e. The zero-order valence-corrected chi connectivity index (χ0v) is 10.2. The highest BCUT2D eigenvalue weighted by Crippen LogP contribution is 2.20. The third kappa shape index (κ3) is 3.21. The molecule has 1 heterocycles. The van der Waals surface area contributed by atoms with Crippen LogP contribution in [-0.2, 0) is 0 Å². The average molecular weight is 270 g/mol. The molecule has 0 radical (unpaired) electrons. The van der Waals surface area contributed by atoms with Gasteiger partial charge in [0.05, 0.1) is 6.07 Å². The van der Waals surface area contributed by atoms with E-state index in [9.17, 15) is 4.79 Å². The van der Waals surface area contributed by atoms with Gasteiger partial charge in [-0.1, -0.05) is 13.8 Å². The Balaban J connectivity index is 2.79. The van der Waals surface area contributed by atoms with Crippen molar-refractivity contribution in [2.24, 2.45) is 11.8 Å². The van der Waals surface area contributed by atoms with Crippen molar-refractivity contribution in [3.05, 3.63) is 22.6 Å². The van der Waals surface area contributed by atoms with E-state index in [1.54, 1.807) is 12.1 Å². The number of ketones is 1. The van der Waals surface area contributed by atoms with Crippen LogP contribution in [0.25, 0.3) is 0 Å². The first-order valence-corrected chi connectivity index (χ1v) is 5.53. The lowest BCUT2D eigenvalue weighted by Gasteiger charge is -2.08. The van der Waals surface area contributed by atoms with Crippen LogP contribution in [0.15, 0.2) is 21.2 Å². The molecule has 80 valence electrons. The number of carbonyl (C=O) groups excluding carboxylic acids is 1. The molecule has 3 nitrogen and oxygen atoms in total. The fourth-order valence-corrected chi connectivity index (χ4v) is 1.61. The van der Waals surface area contributed by atoms with Gasteiger partial charge >= 0.3 is 0 Å². The largest absolute Gasteiger partial charge is 0.446 e. The van der Waals surface area contributed by atoms with E-state index < -0.39 is 5.92 Å². The molecule has 0 saturated carbocycles. The Kier molecular flexibility index (Phi) is 4.10. The standard InChI is InChI=1S/C11H12BrNO2/c1-7(2)5-8(6-13)11(14)9-3-4-10(12)15-9/h3-4,7-8H,5H2,1-2H3. The minimum Gasteiger partial charge on any atom is -0.446 e. The van der Waals surface area contributed by atoms with Crippen molar-refractivity contribution < 1.29 is 9.21 Å². The second kappa shape index (κ2) is 5.13. The Morgan fingerprint density at radius 2 is 2.27 bits per heavy atom. The average Bonchev–Trinajstić information content (AvgIpc) is 2.60. The lowest BCUT2D eigenvalue weighted by atomic mass is 9.93. The van der Waals surface area contributed by atoms with Gasteiger partial charge in [0.15, 0.2) is 10.4 Å². The van der Waals surface area contributed by atoms with Crippen LogP contribution in [0.5, 0.6) is 0 Å². The van der Waals surface area contributed by atoms with Gasteiger partial charge in [0.2, 0.25) is 5.78 Å². The van der Waals surface area contributed by atoms with Gasteiger partial charge in [-0.05, 0) is 40.4 Å². The summed E-state index contributed by atoms with van der Waals surface area (Å²) in [6.07, 6.45) is 0.563. The molecule has 4 heteroatoms. The van der Waals surface area contributed by atoms with E-state index in [2.05, 4.69) is 15.9 Å². The van der Waals surface area contributed by atoms with Crippen LogP contribution in [0.1, 0.15) is 30.8 Å². The zero-order valence-electron chi connectivity index (χ0n) is 8.66. The summed E-state index contributed by atoms with van der Waals surface area (Å²) in [6.45, 7) is 3.96. The van der Waals surface area contributed by atoms with E-state index in [0.717, 1.165) is 0 Å². The Morgan fingerprint density at radius 1 is 1.60 bits per heavy atom. The SMILES string of the molecule is CC(C)CC(C#N)C(=O)c1ccc(Br)o1. The molecule has 0 aliphatic rings. The highest BCUT2D eigenvalue weighted by Gasteiger charge is 2.23. The number of carbonyl (C=O) groups is 1. The molecule has 0 aromatic carbocycles. The van der Waals surface area contributed by atoms with Crippen molar-refractivity contribution in [1.82, 2.24) is 0 Å². The second-order valence-electron chi connectivity index (χ2n) is 3.78. The maximum absolute atomic E-state index is 11.8. The predicted octanol–water partition coefficient (Wildman–Crippen LogP) is 3.41. The summed E-state index contributed by atoms with van der Waals surface area (Å²) in [5.74, 6) is -0.286. The van der Waals surface area contributed by atoms with Crippen LogP contribution < -0.4 is 0 Å². The maximum Gasteiger partial charge on any atom is 0.215 e. The van der Waals surface area contributed by atoms with E-state index in [0.29, 0.717) is 17.0 Å². The van der Waals surface area contributed by atoms with E-state index in [4.69, 9.17) is 9.68 Å². The number of nitriles is 1. The molecular formula is C11H12BrNO2. The number of furan rings is 1. The third-order valence-corrected chi connectivity index (χ3v) is 2.42. The van der Waals surface area contributed by atoms with Crippen molar-refractivity contribution in [3.8, 4) is 6.07 Å². The number of halogens is 1. The number of Topliss-reactive ketones (excluding diaryl/α,β-unsaturated/α-hetero) is 1. The lowest BCUT2D eigenvalue weighted by Crippen LogP contribution is -2.14. The molecule has 0 N–H and O–H groups in total. The summed E-state index contributed by atoms with van der Waals surface area (Å²) >= 11 is 3.12. The van der Waals surface area contributed by atoms with Crippen LogP contribution in [0.3, 0.4) is 0 Å². The van der Waals surface area contributed by atoms with E-state index >= 15 is 0 Å². The summed E-state index contributed by atoms with van der Waals surface area (Å²) < 4.78 is 5.63. The molecule has 0 spiro atoms. The van der Waals surface area contributed by atoms with E-state index in [-0.39, 0.29) is 11.5 Å². The highest BCUT2D eigenvalue weighted by molar-refractivity contribution is 9.10. The molecule has 15 heavy (non-hydrogen) atoms. The monoisotopic (exact) mass is 269 g/mol. The molecule has 1 rings (SSSR count). The molecule has 0 aliphatic carbocycles. The van der Waals surface area contributed by atoms with Crippen molar-refractivity contribution in [3.63, 3.8) is 0 Å². The Labute approximate surface area is 97.2 Å². The van der Waals surface area contributed by atoms with Gasteiger partial charge in [-0.15, -0.1) is 0 Å². The number of nitrogens with zero attached hydrogens (tertiary/aromatic N) is 1. The van der Waals surface area contributed by atoms with E-state index in [1.807, 2.05) is 19.9 Å². The fraction of sp³-hybridized carbons (Fsp3) is 0.455. The molecule has 0 aliphatic heterocycles. The summed E-state index contributed by atoms with van der Waals surface area (Å²) in [5, 5.41) is 8.89. The summed E-state index contributed by atoms with van der Waals surface area (Å²) in [5.41, 5.74) is 0. The number of hydrogen-bond acceptors (Lipinski definition) is 3. The first-order valence-electron chi connectivity index (χ1n) is 4.73. The van der Waals surface area contributed by atoms with Crippen molar-refractivity contribution >= 4 is 21.7 Å². The number of hydrogen-bond donors (Lipinski definition) is 0. The highest BCUT2D eigenvalue weighted by atomic mass is 79.9. The topological polar surface area (TPSA) is 54.0 Å². The fourth-order valence-electron chi connectivity index (χ4n) is 1.31. The van der Waals surface area contributed by atoms with Crippen molar-refractivity contribution in [2.75, 3.05) is 0 Å². The maximum atomic E-state index is 11.8. The van der Waals surface area contributed by atoms with Crippen LogP contribution in [0.4, 0.5) is 0 Å². The second-order valence-corrected chi connectivity index (χ2v) is 4.56. The molecule has 1 unspecified atom stereocenters. The normalized spacial score (nSPS) is 12.5. The Hall–Kier alpha value is -1.08. The molecule has 0 bridgehead atoms. The minimum absolute atomic E-state index is 0.239. The lowest BCUT2D eigenvalue weighted by molar-refractivity contribution is 0.0907. The minimum atomic E-state index is -0.608. The van der Waals surface area contributed by atoms with Gasteiger partial charge in [-0.25, -0.2) is 0 Å². The zero-order chi connectivity index (χ0) is 11.4. The van der Waals surface area contributed by atoms with Gasteiger partial charge < -0.3 is 4.42 Å². The number of rotatable bonds is 4. The van der Waals surface area contributed by atoms with E-state index in [1.165, 1.54) is 0 Å². The van der Waals surface area contributed by atoms with Crippen molar-refractivity contribution in [2.45, 2.75) is 20.3 Å². The summed E-state index contributed by atoms with van der Waals surface area (Å²) in [7, 11) is 0. The quantitative estimate of drug-likeness (QED) is 0.788. The van der Waals surface area contributed by atoms with Gasteiger partial charge in [-0.2, -0.15) is 5.26 Å². The Bertz CT molecular complexity index is 390. The molecular weight excluding hydrogens is 258 g/mol. The van der Waals surface area contributed by atoms with Crippen LogP contribution in [-0.4, -0.2) is 5.78 Å². The predicted molar refractivity (Wildman–Crippen MR) is 59.3 cm³/mol. The molecule has 0 amide bonds. The third-order valence-electron chi connectivity index (χ3n) is 2.00. The molecule has 1 aromatic heterocycles. The molecule has 1 aromatic rings. The van der Waals surface area contributed by atoms with Crippen LogP contribution in [0, 0.1) is 23.2 Å². The van der Waals surface area contributed by atoms with Gasteiger partial charge in [0.1, 0.15) is 5.92 Å². The molecule has 1 atom stereocenters. The summed E-state index contributed by atoms with van der Waals surface area (Å²) in [4.78, 5) is 11.8.